The quantitative estimate of drug-likeness (QED) is 0.120. The topological polar surface area (TPSA) is 267 Å². The maximum absolute atomic E-state index is 12.3. The Bertz CT molecular complexity index is 1750. The summed E-state index contributed by atoms with van der Waals surface area (Å²) in [6.45, 7) is 16.9. The molecule has 4 heterocycles. The zero-order valence-electron chi connectivity index (χ0n) is 38.6. The maximum Gasteiger partial charge on any atom is 0.187 e. The molecule has 4 saturated heterocycles. The van der Waals surface area contributed by atoms with Crippen molar-refractivity contribution in [3.63, 3.8) is 0 Å². The molecule has 4 aliphatic heterocycles. The zero-order chi connectivity index (χ0) is 46.4. The highest BCUT2D eigenvalue weighted by molar-refractivity contribution is 5.36. The Kier molecular flexibility index (Phi) is 12.3. The number of rotatable bonds is 7. The Hall–Kier alpha value is -0.940. The fourth-order valence-corrected chi connectivity index (χ4v) is 15.8. The van der Waals surface area contributed by atoms with E-state index in [1.165, 1.54) is 0 Å². The SMILES string of the molecule is C[C@H]1[C@H](C)[C@H]2[C@]3(CO[C@]24C=C[C@@H]2[C@@]5(C)CC[C@H](O[C@@H]6O[C@H](C)[C@H](O)[C@H](O)[C@H]6O[C@@H]6O[C@H](CO)[C@@H](O)[C@H](O)[C@H]6O[C@@H]6OC[C@@H](O)[C@H](O)[C@H]6O)C(C)(C)[C@H]5CC[C@@]2(C)[C@]4(C)C[C@H]3O)C[C@@H]1O. The summed E-state index contributed by atoms with van der Waals surface area (Å²) < 4.78 is 43.9. The molecule has 2 bridgehead atoms. The van der Waals surface area contributed by atoms with Crippen LogP contribution in [0, 0.1) is 56.7 Å². The second kappa shape index (κ2) is 16.3. The van der Waals surface area contributed by atoms with Crippen LogP contribution >= 0.6 is 0 Å². The van der Waals surface area contributed by atoms with Gasteiger partial charge in [-0.3, -0.25) is 0 Å². The molecule has 0 unspecified atom stereocenters. The molecule has 0 aromatic carbocycles. The van der Waals surface area contributed by atoms with Crippen molar-refractivity contribution in [1.82, 2.24) is 0 Å². The van der Waals surface area contributed by atoms with Crippen LogP contribution in [0.1, 0.15) is 93.9 Å². The van der Waals surface area contributed by atoms with Gasteiger partial charge in [-0.25, -0.2) is 0 Å². The average molecular weight is 913 g/mol. The molecular formula is C47H76O17. The lowest BCUT2D eigenvalue weighted by atomic mass is 9.31. The van der Waals surface area contributed by atoms with Crippen LogP contribution in [0.15, 0.2) is 12.2 Å². The molecule has 0 radical (unpaired) electrons. The summed E-state index contributed by atoms with van der Waals surface area (Å²) in [7, 11) is 0. The van der Waals surface area contributed by atoms with Crippen molar-refractivity contribution < 1.29 is 84.2 Å². The summed E-state index contributed by atoms with van der Waals surface area (Å²) in [5, 5.41) is 109. The molecule has 4 saturated carbocycles. The van der Waals surface area contributed by atoms with E-state index in [-0.39, 0.29) is 45.8 Å². The predicted octanol–water partition coefficient (Wildman–Crippen LogP) is 0.0945. The highest BCUT2D eigenvalue weighted by Gasteiger charge is 2.80. The molecule has 0 aromatic rings. The van der Waals surface area contributed by atoms with Crippen molar-refractivity contribution >= 4 is 0 Å². The molecule has 0 amide bonds. The van der Waals surface area contributed by atoms with Gasteiger partial charge in [0.2, 0.25) is 0 Å². The van der Waals surface area contributed by atoms with Gasteiger partial charge >= 0.3 is 0 Å². The summed E-state index contributed by atoms with van der Waals surface area (Å²) in [5.74, 6) is 0.620. The maximum atomic E-state index is 12.3. The number of aliphatic hydroxyl groups is 10. The molecule has 9 rings (SSSR count). The van der Waals surface area contributed by atoms with Crippen LogP contribution in [-0.2, 0) is 33.2 Å². The molecule has 10 N–H and O–H groups in total. The summed E-state index contributed by atoms with van der Waals surface area (Å²) in [6.07, 6.45) is -13.6. The van der Waals surface area contributed by atoms with Crippen molar-refractivity contribution in [2.45, 2.75) is 204 Å². The monoisotopic (exact) mass is 913 g/mol. The summed E-state index contributed by atoms with van der Waals surface area (Å²) in [5.41, 5.74) is -2.31. The van der Waals surface area contributed by atoms with Gasteiger partial charge in [0, 0.05) is 16.7 Å². The van der Waals surface area contributed by atoms with Crippen molar-refractivity contribution in [2.24, 2.45) is 56.7 Å². The van der Waals surface area contributed by atoms with Gasteiger partial charge in [0.1, 0.15) is 61.0 Å². The number of aliphatic hydroxyl groups excluding tert-OH is 10. The van der Waals surface area contributed by atoms with Gasteiger partial charge in [-0.15, -0.1) is 0 Å². The van der Waals surface area contributed by atoms with Crippen LogP contribution in [0.5, 0.6) is 0 Å². The Morgan fingerprint density at radius 2 is 1.33 bits per heavy atom. The molecular weight excluding hydrogens is 836 g/mol. The minimum absolute atomic E-state index is 0.0759. The summed E-state index contributed by atoms with van der Waals surface area (Å²) in [4.78, 5) is 0. The number of hydrogen-bond donors (Lipinski definition) is 10. The average Bonchev–Trinajstić information content (AvgIpc) is 3.54. The van der Waals surface area contributed by atoms with Gasteiger partial charge in [-0.2, -0.15) is 0 Å². The molecule has 1 spiro atoms. The van der Waals surface area contributed by atoms with Crippen LogP contribution in [0.4, 0.5) is 0 Å². The van der Waals surface area contributed by atoms with Crippen LogP contribution in [0.3, 0.4) is 0 Å². The van der Waals surface area contributed by atoms with Gasteiger partial charge in [-0.1, -0.05) is 60.6 Å². The largest absolute Gasteiger partial charge is 0.394 e. The first kappa shape index (κ1) is 48.1. The molecule has 17 heteroatoms. The highest BCUT2D eigenvalue weighted by Crippen LogP contribution is 2.79. The Morgan fingerprint density at radius 3 is 2.02 bits per heavy atom. The van der Waals surface area contributed by atoms with Crippen molar-refractivity contribution in [1.29, 1.82) is 0 Å². The van der Waals surface area contributed by atoms with E-state index in [2.05, 4.69) is 60.6 Å². The molecule has 27 atom stereocenters. The Balaban J connectivity index is 0.979. The summed E-state index contributed by atoms with van der Waals surface area (Å²) >= 11 is 0. The lowest BCUT2D eigenvalue weighted by Gasteiger charge is -2.73. The van der Waals surface area contributed by atoms with Gasteiger partial charge in [0.05, 0.1) is 49.8 Å². The third-order valence-electron chi connectivity index (χ3n) is 19.9. The number of fused-ring (bicyclic) bond motifs is 4. The Morgan fingerprint density at radius 1 is 0.672 bits per heavy atom. The van der Waals surface area contributed by atoms with Crippen LogP contribution < -0.4 is 0 Å². The van der Waals surface area contributed by atoms with E-state index in [0.29, 0.717) is 25.9 Å². The molecule has 9 aliphatic rings. The van der Waals surface area contributed by atoms with Crippen molar-refractivity contribution in [3.05, 3.63) is 12.2 Å². The lowest BCUT2D eigenvalue weighted by Crippen LogP contribution is -2.73. The van der Waals surface area contributed by atoms with E-state index in [4.69, 9.17) is 33.2 Å². The van der Waals surface area contributed by atoms with E-state index >= 15 is 0 Å². The minimum Gasteiger partial charge on any atom is -0.394 e. The van der Waals surface area contributed by atoms with Gasteiger partial charge in [0.15, 0.2) is 18.9 Å². The third kappa shape index (κ3) is 6.57. The number of hydrogen-bond acceptors (Lipinski definition) is 17. The predicted molar refractivity (Wildman–Crippen MR) is 223 cm³/mol. The number of ether oxygens (including phenoxy) is 7. The number of allylic oxidation sites excluding steroid dienone is 1. The molecule has 17 nitrogen and oxygen atoms in total. The second-order valence-corrected chi connectivity index (χ2v) is 23.0. The fraction of sp³-hybridized carbons (Fsp3) is 0.957. The van der Waals surface area contributed by atoms with Crippen molar-refractivity contribution in [2.75, 3.05) is 19.8 Å². The van der Waals surface area contributed by atoms with E-state index in [1.54, 1.807) is 6.92 Å². The Labute approximate surface area is 376 Å². The van der Waals surface area contributed by atoms with Crippen LogP contribution in [-0.4, -0.2) is 181 Å². The molecule has 8 fully saturated rings. The second-order valence-electron chi connectivity index (χ2n) is 23.0. The van der Waals surface area contributed by atoms with E-state index in [0.717, 1.165) is 19.3 Å². The molecule has 366 valence electrons. The van der Waals surface area contributed by atoms with E-state index in [1.807, 2.05) is 0 Å². The smallest absolute Gasteiger partial charge is 0.187 e. The first-order chi connectivity index (χ1) is 29.9. The van der Waals surface area contributed by atoms with Gasteiger partial charge in [0.25, 0.3) is 0 Å². The zero-order valence-corrected chi connectivity index (χ0v) is 38.6. The third-order valence-corrected chi connectivity index (χ3v) is 19.9. The standard InChI is InChI=1S/C47H76O17/c1-20-21(2)38-46(15-23(20)49)19-59-47(38)14-10-27-43(6)12-11-29(42(4,5)26(43)9-13-44(27,7)45(47,8)16-28(46)51)62-40-36(33(55)30(52)22(3)60-40)64-41-37(34(56)32(54)25(17-48)61-41)63-39-35(57)31(53)24(50)18-58-39/h10,14,20-41,48-57H,9,11-13,15-19H2,1-8H3/t20-,21-,22+,23-,24+,25+,26+,27+,28+,29-,30-,31-,32+,33-,34-,35+,36+,37+,38-,39-,40-,41-,43-,44+,45-,46-,47+/m0/s1. The van der Waals surface area contributed by atoms with Crippen LogP contribution in [0.25, 0.3) is 0 Å². The first-order valence-electron chi connectivity index (χ1n) is 23.9. The summed E-state index contributed by atoms with van der Waals surface area (Å²) in [6, 6.07) is 0. The minimum atomic E-state index is -1.79. The van der Waals surface area contributed by atoms with Gasteiger partial charge < -0.3 is 84.2 Å². The lowest BCUT2D eigenvalue weighted by molar-refractivity contribution is -0.393. The molecule has 5 aliphatic carbocycles. The highest BCUT2D eigenvalue weighted by atomic mass is 16.8. The van der Waals surface area contributed by atoms with Gasteiger partial charge in [-0.05, 0) is 85.4 Å². The normalized spacial score (nSPS) is 60.2. The fourth-order valence-electron chi connectivity index (χ4n) is 15.8. The van der Waals surface area contributed by atoms with E-state index < -0.39 is 134 Å². The first-order valence-corrected chi connectivity index (χ1v) is 23.9. The molecule has 0 aromatic heterocycles. The van der Waals surface area contributed by atoms with Crippen LogP contribution in [0.2, 0.25) is 0 Å². The molecule has 64 heavy (non-hydrogen) atoms. The van der Waals surface area contributed by atoms with E-state index in [9.17, 15) is 51.1 Å². The van der Waals surface area contributed by atoms with Crippen molar-refractivity contribution in [3.8, 4) is 0 Å².